The number of rotatable bonds is 13. The first-order chi connectivity index (χ1) is 19.3. The standard InChI is InChI=1S/C40H56O/c1-31(2)17-13-20-34(5)23-15-25-35(6)24-14-21-32(3)18-11-12-19-33(4)22-16-26-36(7)27-28-39-37(8)29-38(41)30-40(39,9)10/h11-12,14-19,21-28,38,41H,13,20,29-30H2,1-10H3/t38-/m1/s1. The van der Waals surface area contributed by atoms with Crippen LogP contribution in [0.15, 0.2) is 142 Å². The van der Waals surface area contributed by atoms with Crippen LogP contribution in [0.25, 0.3) is 0 Å². The Hall–Kier alpha value is -3.16. The number of aliphatic hydroxyl groups is 1. The van der Waals surface area contributed by atoms with Gasteiger partial charge >= 0.3 is 0 Å². The first-order valence-electron chi connectivity index (χ1n) is 15.1. The van der Waals surface area contributed by atoms with Gasteiger partial charge in [0.1, 0.15) is 0 Å². The summed E-state index contributed by atoms with van der Waals surface area (Å²) < 4.78 is 0. The number of allylic oxidation sites excluding steroid dienone is 23. The van der Waals surface area contributed by atoms with Crippen molar-refractivity contribution in [2.75, 3.05) is 0 Å². The summed E-state index contributed by atoms with van der Waals surface area (Å²) in [5, 5.41) is 10.1. The van der Waals surface area contributed by atoms with Crippen molar-refractivity contribution in [1.82, 2.24) is 0 Å². The molecule has 0 heterocycles. The lowest BCUT2D eigenvalue weighted by molar-refractivity contribution is 0.116. The Kier molecular flexibility index (Phi) is 16.7. The van der Waals surface area contributed by atoms with Gasteiger partial charge in [-0.15, -0.1) is 0 Å². The Morgan fingerprint density at radius 3 is 1.66 bits per heavy atom. The van der Waals surface area contributed by atoms with Crippen molar-refractivity contribution in [2.24, 2.45) is 5.41 Å². The summed E-state index contributed by atoms with van der Waals surface area (Å²) in [7, 11) is 0. The largest absolute Gasteiger partial charge is 0.393 e. The summed E-state index contributed by atoms with van der Waals surface area (Å²) in [4.78, 5) is 0. The van der Waals surface area contributed by atoms with Crippen LogP contribution in [-0.4, -0.2) is 11.2 Å². The average molecular weight is 553 g/mol. The monoisotopic (exact) mass is 552 g/mol. The van der Waals surface area contributed by atoms with Crippen molar-refractivity contribution in [3.63, 3.8) is 0 Å². The minimum Gasteiger partial charge on any atom is -0.393 e. The fourth-order valence-corrected chi connectivity index (χ4v) is 4.77. The zero-order valence-electron chi connectivity index (χ0n) is 27.6. The second-order valence-electron chi connectivity index (χ2n) is 12.4. The lowest BCUT2D eigenvalue weighted by atomic mass is 9.71. The molecule has 1 N–H and O–H groups in total. The molecule has 1 heteroatoms. The fourth-order valence-electron chi connectivity index (χ4n) is 4.77. The quantitative estimate of drug-likeness (QED) is 0.178. The molecule has 0 saturated carbocycles. The molecule has 0 bridgehead atoms. The molecule has 0 radical (unpaired) electrons. The summed E-state index contributed by atoms with van der Waals surface area (Å²) >= 11 is 0. The first kappa shape index (κ1) is 35.9. The molecule has 0 fully saturated rings. The van der Waals surface area contributed by atoms with Gasteiger partial charge in [0.05, 0.1) is 6.10 Å². The molecule has 1 rings (SSSR count). The Bertz CT molecular complexity index is 1220. The molecule has 1 atom stereocenters. The molecule has 0 aromatic heterocycles. The van der Waals surface area contributed by atoms with Crippen LogP contribution in [0.3, 0.4) is 0 Å². The third kappa shape index (κ3) is 16.6. The highest BCUT2D eigenvalue weighted by atomic mass is 16.3. The van der Waals surface area contributed by atoms with E-state index in [-0.39, 0.29) is 11.5 Å². The van der Waals surface area contributed by atoms with Crippen LogP contribution >= 0.6 is 0 Å². The van der Waals surface area contributed by atoms with E-state index in [0.29, 0.717) is 0 Å². The summed E-state index contributed by atoms with van der Waals surface area (Å²) in [6, 6.07) is 0. The molecule has 0 aromatic rings. The molecule has 0 aliphatic heterocycles. The van der Waals surface area contributed by atoms with Crippen molar-refractivity contribution in [1.29, 1.82) is 0 Å². The van der Waals surface area contributed by atoms with Crippen molar-refractivity contribution in [3.8, 4) is 0 Å². The lowest BCUT2D eigenvalue weighted by Crippen LogP contribution is -2.28. The summed E-state index contributed by atoms with van der Waals surface area (Å²) in [5.74, 6) is 0. The van der Waals surface area contributed by atoms with E-state index >= 15 is 0 Å². The Morgan fingerprint density at radius 2 is 1.17 bits per heavy atom. The second-order valence-corrected chi connectivity index (χ2v) is 12.4. The first-order valence-corrected chi connectivity index (χ1v) is 15.1. The highest BCUT2D eigenvalue weighted by Crippen LogP contribution is 2.41. The van der Waals surface area contributed by atoms with Crippen LogP contribution in [0.2, 0.25) is 0 Å². The molecule has 1 aliphatic rings. The highest BCUT2D eigenvalue weighted by Gasteiger charge is 2.31. The SMILES string of the molecule is CC(C)=CCCC(C)=CC=CC(C)=CC=CC(C)=CC=CC=C(C)C=CC=C(C)C=CC1=C(C)C[C@@H](O)CC1(C)C. The molecule has 0 saturated heterocycles. The summed E-state index contributed by atoms with van der Waals surface area (Å²) in [6.07, 6.45) is 38.0. The Morgan fingerprint density at radius 1 is 0.707 bits per heavy atom. The van der Waals surface area contributed by atoms with E-state index in [2.05, 4.69) is 166 Å². The third-order valence-electron chi connectivity index (χ3n) is 7.09. The Labute approximate surface area is 252 Å². The van der Waals surface area contributed by atoms with Crippen LogP contribution in [0.5, 0.6) is 0 Å². The van der Waals surface area contributed by atoms with E-state index in [1.807, 2.05) is 0 Å². The minimum absolute atomic E-state index is 0.0115. The number of aliphatic hydroxyl groups excluding tert-OH is 1. The van der Waals surface area contributed by atoms with Gasteiger partial charge in [0.15, 0.2) is 0 Å². The van der Waals surface area contributed by atoms with E-state index in [9.17, 15) is 5.11 Å². The second kappa shape index (κ2) is 19.1. The maximum Gasteiger partial charge on any atom is 0.0585 e. The predicted molar refractivity (Wildman–Crippen MR) is 185 cm³/mol. The Balaban J connectivity index is 2.60. The van der Waals surface area contributed by atoms with E-state index in [1.165, 1.54) is 44.6 Å². The number of hydrogen-bond acceptors (Lipinski definition) is 1. The van der Waals surface area contributed by atoms with E-state index in [1.54, 1.807) is 0 Å². The molecular weight excluding hydrogens is 496 g/mol. The average Bonchev–Trinajstić information content (AvgIpc) is 2.85. The normalized spacial score (nSPS) is 20.2. The number of hydrogen-bond donors (Lipinski definition) is 1. The van der Waals surface area contributed by atoms with Crippen LogP contribution in [0.1, 0.15) is 94.9 Å². The van der Waals surface area contributed by atoms with Crippen molar-refractivity contribution in [2.45, 2.75) is 101 Å². The molecule has 0 aromatic carbocycles. The van der Waals surface area contributed by atoms with Crippen LogP contribution in [0, 0.1) is 5.41 Å². The molecule has 1 aliphatic carbocycles. The lowest BCUT2D eigenvalue weighted by Gasteiger charge is -2.35. The van der Waals surface area contributed by atoms with E-state index in [4.69, 9.17) is 0 Å². The molecule has 41 heavy (non-hydrogen) atoms. The topological polar surface area (TPSA) is 20.2 Å². The molecule has 1 nitrogen and oxygen atoms in total. The van der Waals surface area contributed by atoms with Gasteiger partial charge in [0.25, 0.3) is 0 Å². The van der Waals surface area contributed by atoms with Crippen molar-refractivity contribution in [3.05, 3.63) is 142 Å². The van der Waals surface area contributed by atoms with Crippen molar-refractivity contribution >= 4 is 0 Å². The molecule has 0 amide bonds. The molecular formula is C40H56O. The van der Waals surface area contributed by atoms with Crippen LogP contribution in [0.4, 0.5) is 0 Å². The fraction of sp³-hybridized carbons (Fsp3) is 0.400. The van der Waals surface area contributed by atoms with Crippen molar-refractivity contribution < 1.29 is 5.11 Å². The van der Waals surface area contributed by atoms with Gasteiger partial charge in [-0.1, -0.05) is 150 Å². The van der Waals surface area contributed by atoms with Gasteiger partial charge in [0.2, 0.25) is 0 Å². The molecule has 0 spiro atoms. The van der Waals surface area contributed by atoms with Gasteiger partial charge in [-0.3, -0.25) is 0 Å². The summed E-state index contributed by atoms with van der Waals surface area (Å²) in [5.41, 5.74) is 10.3. The minimum atomic E-state index is -0.222. The smallest absolute Gasteiger partial charge is 0.0585 e. The van der Waals surface area contributed by atoms with Gasteiger partial charge < -0.3 is 5.11 Å². The highest BCUT2D eigenvalue weighted by molar-refractivity contribution is 5.38. The maximum absolute atomic E-state index is 10.1. The summed E-state index contributed by atoms with van der Waals surface area (Å²) in [6.45, 7) is 21.6. The molecule has 222 valence electrons. The van der Waals surface area contributed by atoms with Crippen LogP contribution in [-0.2, 0) is 0 Å². The zero-order valence-corrected chi connectivity index (χ0v) is 27.6. The van der Waals surface area contributed by atoms with Gasteiger partial charge in [-0.2, -0.15) is 0 Å². The maximum atomic E-state index is 10.1. The predicted octanol–water partition coefficient (Wildman–Crippen LogP) is 11.7. The van der Waals surface area contributed by atoms with E-state index < -0.39 is 0 Å². The van der Waals surface area contributed by atoms with Gasteiger partial charge in [0, 0.05) is 0 Å². The van der Waals surface area contributed by atoms with Crippen LogP contribution < -0.4 is 0 Å². The van der Waals surface area contributed by atoms with Gasteiger partial charge in [-0.05, 0) is 92.1 Å². The van der Waals surface area contributed by atoms with Gasteiger partial charge in [-0.25, -0.2) is 0 Å². The zero-order chi connectivity index (χ0) is 30.8. The molecule has 0 unspecified atom stereocenters. The van der Waals surface area contributed by atoms with E-state index in [0.717, 1.165) is 25.7 Å². The third-order valence-corrected chi connectivity index (χ3v) is 7.09.